The van der Waals surface area contributed by atoms with Crippen molar-refractivity contribution in [1.29, 1.82) is 0 Å². The molecule has 3 nitrogen and oxygen atoms in total. The minimum absolute atomic E-state index is 0.395. The monoisotopic (exact) mass is 286 g/mol. The quantitative estimate of drug-likeness (QED) is 0.823. The van der Waals surface area contributed by atoms with E-state index in [0.29, 0.717) is 6.04 Å². The Bertz CT molecular complexity index is 562. The molecule has 21 heavy (non-hydrogen) atoms. The summed E-state index contributed by atoms with van der Waals surface area (Å²) in [5.74, 6) is 1.96. The van der Waals surface area contributed by atoms with Gasteiger partial charge in [-0.05, 0) is 43.7 Å². The first kappa shape index (κ1) is 15.6. The van der Waals surface area contributed by atoms with E-state index in [0.717, 1.165) is 31.0 Å². The molecular formula is C18H26N2O. The number of furan rings is 1. The number of nitrogens with zero attached hydrogens (tertiary/aromatic N) is 1. The highest BCUT2D eigenvalue weighted by atomic mass is 16.3. The summed E-state index contributed by atoms with van der Waals surface area (Å²) in [6.07, 6.45) is 1.08. The van der Waals surface area contributed by atoms with Crippen molar-refractivity contribution in [3.05, 3.63) is 53.5 Å². The summed E-state index contributed by atoms with van der Waals surface area (Å²) in [6, 6.07) is 13.1. The van der Waals surface area contributed by atoms with Gasteiger partial charge in [-0.1, -0.05) is 32.0 Å². The van der Waals surface area contributed by atoms with Crippen LogP contribution in [0.5, 0.6) is 0 Å². The van der Waals surface area contributed by atoms with Gasteiger partial charge in [0.2, 0.25) is 0 Å². The van der Waals surface area contributed by atoms with Crippen molar-refractivity contribution in [3.8, 4) is 0 Å². The van der Waals surface area contributed by atoms with Gasteiger partial charge in [0.1, 0.15) is 11.5 Å². The molecule has 0 bridgehead atoms. The van der Waals surface area contributed by atoms with Crippen LogP contribution in [0.15, 0.2) is 40.8 Å². The second-order valence-electron chi connectivity index (χ2n) is 5.45. The first-order valence-electron chi connectivity index (χ1n) is 7.74. The van der Waals surface area contributed by atoms with Crippen LogP contribution < -0.4 is 10.2 Å². The molecule has 0 spiro atoms. The smallest absolute Gasteiger partial charge is 0.123 e. The number of hydrogen-bond donors (Lipinski definition) is 1. The SMILES string of the molecule is CCNC(CC)c1ccccc1N(C)Cc1ccc(C)o1. The van der Waals surface area contributed by atoms with E-state index in [2.05, 4.69) is 61.4 Å². The number of anilines is 1. The van der Waals surface area contributed by atoms with Crippen molar-refractivity contribution in [2.75, 3.05) is 18.5 Å². The van der Waals surface area contributed by atoms with Crippen LogP contribution in [0.3, 0.4) is 0 Å². The average molecular weight is 286 g/mol. The van der Waals surface area contributed by atoms with E-state index in [-0.39, 0.29) is 0 Å². The summed E-state index contributed by atoms with van der Waals surface area (Å²) in [6.45, 7) is 8.12. The van der Waals surface area contributed by atoms with Crippen LogP contribution in [0.2, 0.25) is 0 Å². The molecule has 0 saturated carbocycles. The molecule has 1 aromatic heterocycles. The van der Waals surface area contributed by atoms with Gasteiger partial charge < -0.3 is 14.6 Å². The normalized spacial score (nSPS) is 12.4. The molecule has 0 fully saturated rings. The average Bonchev–Trinajstić information content (AvgIpc) is 2.90. The molecule has 0 radical (unpaired) electrons. The van der Waals surface area contributed by atoms with Crippen LogP contribution in [0.4, 0.5) is 5.69 Å². The topological polar surface area (TPSA) is 28.4 Å². The zero-order chi connectivity index (χ0) is 15.2. The minimum Gasteiger partial charge on any atom is -0.464 e. The highest BCUT2D eigenvalue weighted by Crippen LogP contribution is 2.28. The molecule has 1 unspecified atom stereocenters. The van der Waals surface area contributed by atoms with Crippen LogP contribution in [0, 0.1) is 6.92 Å². The number of aryl methyl sites for hydroxylation is 1. The van der Waals surface area contributed by atoms with Crippen molar-refractivity contribution in [3.63, 3.8) is 0 Å². The first-order valence-corrected chi connectivity index (χ1v) is 7.74. The van der Waals surface area contributed by atoms with E-state index < -0.39 is 0 Å². The molecule has 0 aliphatic heterocycles. The Hall–Kier alpha value is -1.74. The van der Waals surface area contributed by atoms with E-state index in [9.17, 15) is 0 Å². The molecule has 114 valence electrons. The van der Waals surface area contributed by atoms with Gasteiger partial charge in [0, 0.05) is 18.8 Å². The molecule has 0 aliphatic rings. The minimum atomic E-state index is 0.395. The molecule has 0 amide bonds. The zero-order valence-corrected chi connectivity index (χ0v) is 13.5. The predicted octanol–water partition coefficient (Wildman–Crippen LogP) is 4.29. The van der Waals surface area contributed by atoms with Crippen LogP contribution in [-0.2, 0) is 6.54 Å². The third-order valence-electron chi connectivity index (χ3n) is 3.77. The van der Waals surface area contributed by atoms with Gasteiger partial charge in [0.15, 0.2) is 0 Å². The second-order valence-corrected chi connectivity index (χ2v) is 5.45. The van der Waals surface area contributed by atoms with Crippen molar-refractivity contribution in [1.82, 2.24) is 5.32 Å². The number of para-hydroxylation sites is 1. The van der Waals surface area contributed by atoms with Crippen LogP contribution in [0.1, 0.15) is 43.4 Å². The Morgan fingerprint density at radius 3 is 2.52 bits per heavy atom. The molecule has 2 aromatic rings. The Kier molecular flexibility index (Phi) is 5.45. The number of rotatable bonds is 7. The largest absolute Gasteiger partial charge is 0.464 e. The standard InChI is InChI=1S/C18H26N2O/c1-5-17(19-6-2)16-9-7-8-10-18(16)20(4)13-15-12-11-14(3)21-15/h7-12,17,19H,5-6,13H2,1-4H3. The lowest BCUT2D eigenvalue weighted by Crippen LogP contribution is -2.24. The van der Waals surface area contributed by atoms with E-state index in [1.54, 1.807) is 0 Å². The molecule has 1 aromatic carbocycles. The van der Waals surface area contributed by atoms with Gasteiger partial charge in [0.05, 0.1) is 6.54 Å². The Morgan fingerprint density at radius 1 is 1.14 bits per heavy atom. The van der Waals surface area contributed by atoms with E-state index in [1.165, 1.54) is 11.3 Å². The van der Waals surface area contributed by atoms with Gasteiger partial charge in [-0.25, -0.2) is 0 Å². The van der Waals surface area contributed by atoms with Crippen molar-refractivity contribution in [2.24, 2.45) is 0 Å². The maximum atomic E-state index is 5.69. The highest BCUT2D eigenvalue weighted by molar-refractivity contribution is 5.54. The number of nitrogens with one attached hydrogen (secondary N) is 1. The molecular weight excluding hydrogens is 260 g/mol. The summed E-state index contributed by atoms with van der Waals surface area (Å²) in [5.41, 5.74) is 2.62. The lowest BCUT2D eigenvalue weighted by atomic mass is 10.0. The zero-order valence-electron chi connectivity index (χ0n) is 13.5. The fourth-order valence-electron chi connectivity index (χ4n) is 2.74. The van der Waals surface area contributed by atoms with E-state index in [4.69, 9.17) is 4.42 Å². The van der Waals surface area contributed by atoms with Crippen molar-refractivity contribution in [2.45, 2.75) is 39.8 Å². The molecule has 0 aliphatic carbocycles. The lowest BCUT2D eigenvalue weighted by molar-refractivity contribution is 0.480. The predicted molar refractivity (Wildman–Crippen MR) is 88.7 cm³/mol. The molecule has 2 rings (SSSR count). The van der Waals surface area contributed by atoms with Crippen LogP contribution in [0.25, 0.3) is 0 Å². The Balaban J connectivity index is 2.21. The van der Waals surface area contributed by atoms with Gasteiger partial charge in [-0.3, -0.25) is 0 Å². The maximum absolute atomic E-state index is 5.69. The third kappa shape index (κ3) is 3.88. The lowest BCUT2D eigenvalue weighted by Gasteiger charge is -2.26. The summed E-state index contributed by atoms with van der Waals surface area (Å²) < 4.78 is 5.69. The fourth-order valence-corrected chi connectivity index (χ4v) is 2.74. The number of benzene rings is 1. The maximum Gasteiger partial charge on any atom is 0.123 e. The van der Waals surface area contributed by atoms with Crippen molar-refractivity contribution >= 4 is 5.69 Å². The van der Waals surface area contributed by atoms with E-state index in [1.807, 2.05) is 13.0 Å². The Labute approximate surface area is 128 Å². The molecule has 3 heteroatoms. The van der Waals surface area contributed by atoms with Crippen LogP contribution in [-0.4, -0.2) is 13.6 Å². The van der Waals surface area contributed by atoms with Gasteiger partial charge in [0.25, 0.3) is 0 Å². The molecule has 1 N–H and O–H groups in total. The summed E-state index contributed by atoms with van der Waals surface area (Å²) in [4.78, 5) is 2.26. The summed E-state index contributed by atoms with van der Waals surface area (Å²) >= 11 is 0. The molecule has 1 heterocycles. The molecule has 1 atom stereocenters. The summed E-state index contributed by atoms with van der Waals surface area (Å²) in [5, 5.41) is 3.56. The second kappa shape index (κ2) is 7.32. The highest BCUT2D eigenvalue weighted by Gasteiger charge is 2.15. The fraction of sp³-hybridized carbons (Fsp3) is 0.444. The Morgan fingerprint density at radius 2 is 1.90 bits per heavy atom. The van der Waals surface area contributed by atoms with Gasteiger partial charge >= 0.3 is 0 Å². The van der Waals surface area contributed by atoms with Crippen LogP contribution >= 0.6 is 0 Å². The third-order valence-corrected chi connectivity index (χ3v) is 3.77. The van der Waals surface area contributed by atoms with Gasteiger partial charge in [-0.15, -0.1) is 0 Å². The summed E-state index contributed by atoms with van der Waals surface area (Å²) in [7, 11) is 2.12. The first-order chi connectivity index (χ1) is 10.2. The van der Waals surface area contributed by atoms with Gasteiger partial charge in [-0.2, -0.15) is 0 Å². The molecule has 0 saturated heterocycles. The van der Waals surface area contributed by atoms with Crippen molar-refractivity contribution < 1.29 is 4.42 Å². The number of hydrogen-bond acceptors (Lipinski definition) is 3. The van der Waals surface area contributed by atoms with E-state index >= 15 is 0 Å².